The number of hydrogen-bond acceptors (Lipinski definition) is 4. The molecule has 0 aliphatic heterocycles. The van der Waals surface area contributed by atoms with E-state index in [9.17, 15) is 9.59 Å². The second kappa shape index (κ2) is 4.41. The largest absolute Gasteiger partial charge is 0.481 e. The lowest BCUT2D eigenvalue weighted by Crippen LogP contribution is -2.44. The van der Waals surface area contributed by atoms with Gasteiger partial charge < -0.3 is 15.9 Å². The number of nitrogens with two attached hydrogens (primary N) is 1. The summed E-state index contributed by atoms with van der Waals surface area (Å²) < 4.78 is 0. The van der Waals surface area contributed by atoms with Gasteiger partial charge in [-0.2, -0.15) is 11.3 Å². The summed E-state index contributed by atoms with van der Waals surface area (Å²) in [6, 6.07) is 1.60. The molecule has 15 heavy (non-hydrogen) atoms. The van der Waals surface area contributed by atoms with Gasteiger partial charge in [-0.05, 0) is 28.8 Å². The summed E-state index contributed by atoms with van der Waals surface area (Å²) in [5.41, 5.74) is 4.55. The van der Waals surface area contributed by atoms with Crippen LogP contribution in [0.4, 0.5) is 0 Å². The van der Waals surface area contributed by atoms with E-state index in [1.165, 1.54) is 11.3 Å². The third-order valence-electron chi connectivity index (χ3n) is 2.15. The van der Waals surface area contributed by atoms with Crippen LogP contribution in [0.25, 0.3) is 0 Å². The first kappa shape index (κ1) is 11.7. The molecule has 1 aromatic rings. The maximum absolute atomic E-state index is 11.0. The predicted molar refractivity (Wildman–Crippen MR) is 54.7 cm³/mol. The van der Waals surface area contributed by atoms with Gasteiger partial charge in [-0.15, -0.1) is 0 Å². The van der Waals surface area contributed by atoms with Crippen LogP contribution in [0.3, 0.4) is 0 Å². The van der Waals surface area contributed by atoms with Crippen LogP contribution >= 0.6 is 11.3 Å². The molecule has 0 bridgehead atoms. The molecule has 0 amide bonds. The van der Waals surface area contributed by atoms with Crippen molar-refractivity contribution < 1.29 is 19.8 Å². The van der Waals surface area contributed by atoms with E-state index in [4.69, 9.17) is 15.9 Å². The summed E-state index contributed by atoms with van der Waals surface area (Å²) >= 11 is 1.33. The smallest absolute Gasteiger partial charge is 0.328 e. The molecule has 0 aliphatic rings. The molecular weight excluding hydrogens is 218 g/mol. The molecule has 82 valence electrons. The molecule has 0 spiro atoms. The van der Waals surface area contributed by atoms with E-state index in [1.54, 1.807) is 16.8 Å². The van der Waals surface area contributed by atoms with Crippen molar-refractivity contribution in [2.45, 2.75) is 18.4 Å². The first-order valence-electron chi connectivity index (χ1n) is 4.23. The van der Waals surface area contributed by atoms with Crippen LogP contribution in [-0.2, 0) is 15.1 Å². The number of aliphatic carboxylic acids is 2. The van der Waals surface area contributed by atoms with Crippen molar-refractivity contribution >= 4 is 23.3 Å². The number of carbonyl (C=O) groups is 2. The molecule has 0 saturated carbocycles. The summed E-state index contributed by atoms with van der Waals surface area (Å²) in [5, 5.41) is 20.8. The minimum absolute atomic E-state index is 0.117. The molecule has 1 aromatic heterocycles. The number of rotatable bonds is 5. The van der Waals surface area contributed by atoms with Gasteiger partial charge >= 0.3 is 11.9 Å². The van der Waals surface area contributed by atoms with E-state index in [0.29, 0.717) is 5.56 Å². The Morgan fingerprint density at radius 3 is 2.53 bits per heavy atom. The van der Waals surface area contributed by atoms with Gasteiger partial charge in [-0.25, -0.2) is 4.79 Å². The Hall–Kier alpha value is -1.40. The number of hydrogen-bond donors (Lipinski definition) is 3. The third-order valence-corrected chi connectivity index (χ3v) is 2.83. The highest BCUT2D eigenvalue weighted by atomic mass is 32.1. The lowest BCUT2D eigenvalue weighted by molar-refractivity contribution is -0.145. The molecule has 0 aliphatic carbocycles. The fourth-order valence-electron chi connectivity index (χ4n) is 1.20. The lowest BCUT2D eigenvalue weighted by Gasteiger charge is -2.22. The maximum atomic E-state index is 11.0. The first-order valence-corrected chi connectivity index (χ1v) is 5.18. The number of carboxylic acids is 2. The van der Waals surface area contributed by atoms with Crippen LogP contribution in [-0.4, -0.2) is 22.2 Å². The quantitative estimate of drug-likeness (QED) is 0.695. The number of thiophene rings is 1. The zero-order valence-corrected chi connectivity index (χ0v) is 8.66. The van der Waals surface area contributed by atoms with Gasteiger partial charge in [-0.3, -0.25) is 4.79 Å². The fraction of sp³-hybridized carbons (Fsp3) is 0.333. The van der Waals surface area contributed by atoms with Crippen LogP contribution in [0.15, 0.2) is 16.8 Å². The standard InChI is InChI=1S/C9H11NO4S/c10-9(8(13)14,3-1-7(11)12)6-2-4-15-5-6/h2,4-5H,1,3,10H2,(H,11,12)(H,13,14)/t9-/m1/s1. The highest BCUT2D eigenvalue weighted by Crippen LogP contribution is 2.26. The second-order valence-corrected chi connectivity index (χ2v) is 3.96. The molecule has 5 nitrogen and oxygen atoms in total. The van der Waals surface area contributed by atoms with Crippen molar-refractivity contribution in [1.82, 2.24) is 0 Å². The van der Waals surface area contributed by atoms with Crippen LogP contribution in [0.2, 0.25) is 0 Å². The molecule has 1 atom stereocenters. The average molecular weight is 229 g/mol. The van der Waals surface area contributed by atoms with E-state index in [2.05, 4.69) is 0 Å². The monoisotopic (exact) mass is 229 g/mol. The molecule has 1 heterocycles. The Kier molecular flexibility index (Phi) is 3.43. The van der Waals surface area contributed by atoms with Crippen molar-refractivity contribution in [3.8, 4) is 0 Å². The van der Waals surface area contributed by atoms with E-state index in [0.717, 1.165) is 0 Å². The Labute approximate surface area is 90.1 Å². The zero-order valence-electron chi connectivity index (χ0n) is 7.84. The highest BCUT2D eigenvalue weighted by molar-refractivity contribution is 7.08. The van der Waals surface area contributed by atoms with Gasteiger partial charge in [0, 0.05) is 6.42 Å². The van der Waals surface area contributed by atoms with Gasteiger partial charge in [0.15, 0.2) is 0 Å². The van der Waals surface area contributed by atoms with Crippen LogP contribution in [0.5, 0.6) is 0 Å². The summed E-state index contributed by atoms with van der Waals surface area (Å²) in [6.07, 6.45) is -0.382. The molecular formula is C9H11NO4S. The predicted octanol–water partition coefficient (Wildman–Crippen LogP) is 0.851. The van der Waals surface area contributed by atoms with Gasteiger partial charge in [0.2, 0.25) is 0 Å². The average Bonchev–Trinajstić information content (AvgIpc) is 2.66. The van der Waals surface area contributed by atoms with E-state index < -0.39 is 17.5 Å². The van der Waals surface area contributed by atoms with E-state index in [-0.39, 0.29) is 12.8 Å². The minimum Gasteiger partial charge on any atom is -0.481 e. The molecule has 0 aromatic carbocycles. The van der Waals surface area contributed by atoms with Gasteiger partial charge in [0.05, 0.1) is 0 Å². The minimum atomic E-state index is -1.60. The topological polar surface area (TPSA) is 101 Å². The van der Waals surface area contributed by atoms with Crippen molar-refractivity contribution in [1.29, 1.82) is 0 Å². The normalized spacial score (nSPS) is 14.5. The Morgan fingerprint density at radius 1 is 1.47 bits per heavy atom. The molecule has 0 unspecified atom stereocenters. The molecule has 0 saturated heterocycles. The zero-order chi connectivity index (χ0) is 11.5. The Bertz CT molecular complexity index is 362. The lowest BCUT2D eigenvalue weighted by atomic mass is 9.88. The highest BCUT2D eigenvalue weighted by Gasteiger charge is 2.36. The second-order valence-electron chi connectivity index (χ2n) is 3.18. The van der Waals surface area contributed by atoms with Crippen LogP contribution in [0.1, 0.15) is 18.4 Å². The van der Waals surface area contributed by atoms with E-state index >= 15 is 0 Å². The van der Waals surface area contributed by atoms with Crippen molar-refractivity contribution in [3.63, 3.8) is 0 Å². The molecule has 6 heteroatoms. The summed E-state index contributed by atoms with van der Waals surface area (Å²) in [7, 11) is 0. The summed E-state index contributed by atoms with van der Waals surface area (Å²) in [5.74, 6) is -2.26. The van der Waals surface area contributed by atoms with Crippen molar-refractivity contribution in [2.24, 2.45) is 5.73 Å². The Morgan fingerprint density at radius 2 is 2.13 bits per heavy atom. The van der Waals surface area contributed by atoms with Crippen LogP contribution in [0, 0.1) is 0 Å². The third kappa shape index (κ3) is 2.54. The van der Waals surface area contributed by atoms with Crippen molar-refractivity contribution in [3.05, 3.63) is 22.4 Å². The van der Waals surface area contributed by atoms with E-state index in [1.807, 2.05) is 0 Å². The van der Waals surface area contributed by atoms with Gasteiger partial charge in [0.25, 0.3) is 0 Å². The molecule has 0 radical (unpaired) electrons. The summed E-state index contributed by atoms with van der Waals surface area (Å²) in [6.45, 7) is 0. The van der Waals surface area contributed by atoms with Crippen molar-refractivity contribution in [2.75, 3.05) is 0 Å². The molecule has 0 fully saturated rings. The summed E-state index contributed by atoms with van der Waals surface area (Å²) in [4.78, 5) is 21.4. The molecule has 1 rings (SSSR count). The van der Waals surface area contributed by atoms with Crippen LogP contribution < -0.4 is 5.73 Å². The maximum Gasteiger partial charge on any atom is 0.328 e. The molecule has 4 N–H and O–H groups in total. The fourth-order valence-corrected chi connectivity index (χ4v) is 1.94. The SMILES string of the molecule is N[C@@](CCC(=O)O)(C(=O)O)c1ccsc1. The number of carboxylic acid groups (broad SMARTS) is 2. The van der Waals surface area contributed by atoms with Gasteiger partial charge in [-0.1, -0.05) is 0 Å². The van der Waals surface area contributed by atoms with Gasteiger partial charge in [0.1, 0.15) is 5.54 Å². The first-order chi connectivity index (χ1) is 6.97. The Balaban J connectivity index is 2.89.